The average Bonchev–Trinajstić information content (AvgIpc) is 3.28. The maximum Gasteiger partial charge on any atom is 0.305 e. The van der Waals surface area contributed by atoms with Crippen LogP contribution in [0.5, 0.6) is 0 Å². The van der Waals surface area contributed by atoms with Gasteiger partial charge in [0.1, 0.15) is 0 Å². The molecule has 0 aromatic heterocycles. The molecule has 0 saturated carbocycles. The van der Waals surface area contributed by atoms with Crippen LogP contribution in [0.3, 0.4) is 0 Å². The highest BCUT2D eigenvalue weighted by Gasteiger charge is 2.20. The molecule has 2 unspecified atom stereocenters. The number of nitrogens with one attached hydrogen (secondary N) is 1. The first-order valence-corrected chi connectivity index (χ1v) is 28.4. The Balaban J connectivity index is 3.34. The van der Waals surface area contributed by atoms with E-state index in [-0.39, 0.29) is 18.5 Å². The van der Waals surface area contributed by atoms with E-state index in [0.717, 1.165) is 44.9 Å². The van der Waals surface area contributed by atoms with Gasteiger partial charge in [-0.05, 0) is 51.4 Å². The van der Waals surface area contributed by atoms with Gasteiger partial charge in [-0.3, -0.25) is 9.59 Å². The fourth-order valence-electron chi connectivity index (χ4n) is 8.93. The van der Waals surface area contributed by atoms with Gasteiger partial charge in [-0.1, -0.05) is 264 Å². The molecule has 0 fully saturated rings. The average molecular weight is 891 g/mol. The van der Waals surface area contributed by atoms with Crippen molar-refractivity contribution in [1.29, 1.82) is 0 Å². The second kappa shape index (κ2) is 53.2. The molecule has 2 atom stereocenters. The highest BCUT2D eigenvalue weighted by Crippen LogP contribution is 2.17. The van der Waals surface area contributed by atoms with E-state index in [1.165, 1.54) is 238 Å². The zero-order valence-electron chi connectivity index (χ0n) is 42.6. The number of ether oxygens (including phenoxy) is 1. The fourth-order valence-corrected chi connectivity index (χ4v) is 8.93. The van der Waals surface area contributed by atoms with Crippen LogP contribution >= 0.6 is 0 Å². The minimum atomic E-state index is -0.661. The summed E-state index contributed by atoms with van der Waals surface area (Å²) < 4.78 is 5.47. The predicted octanol–water partition coefficient (Wildman–Crippen LogP) is 17.3. The number of hydrogen-bond donors (Lipinski definition) is 3. The summed E-state index contributed by atoms with van der Waals surface area (Å²) in [5, 5.41) is 23.1. The molecule has 3 N–H and O–H groups in total. The van der Waals surface area contributed by atoms with Gasteiger partial charge < -0.3 is 20.3 Å². The Morgan fingerprint density at radius 3 is 1.14 bits per heavy atom. The fraction of sp³-hybridized carbons (Fsp3) is 0.930. The van der Waals surface area contributed by atoms with Crippen LogP contribution < -0.4 is 5.32 Å². The van der Waals surface area contributed by atoms with E-state index < -0.39 is 12.1 Å². The van der Waals surface area contributed by atoms with Crippen molar-refractivity contribution in [2.24, 2.45) is 0 Å². The van der Waals surface area contributed by atoms with E-state index in [0.29, 0.717) is 25.9 Å². The van der Waals surface area contributed by atoms with Gasteiger partial charge in [0.15, 0.2) is 0 Å². The summed E-state index contributed by atoms with van der Waals surface area (Å²) in [6, 6.07) is -0.538. The molecule has 0 saturated heterocycles. The summed E-state index contributed by atoms with van der Waals surface area (Å²) >= 11 is 0. The van der Waals surface area contributed by atoms with Crippen LogP contribution in [-0.4, -0.2) is 47.4 Å². The Morgan fingerprint density at radius 1 is 0.429 bits per heavy atom. The summed E-state index contributed by atoms with van der Waals surface area (Å²) in [6.07, 6.45) is 62.1. The van der Waals surface area contributed by atoms with Crippen molar-refractivity contribution in [3.8, 4) is 0 Å². The van der Waals surface area contributed by atoms with Crippen molar-refractivity contribution in [2.45, 2.75) is 328 Å². The minimum Gasteiger partial charge on any atom is -0.466 e. The number of amides is 1. The van der Waals surface area contributed by atoms with E-state index in [1.807, 2.05) is 0 Å². The van der Waals surface area contributed by atoms with Crippen molar-refractivity contribution in [3.05, 3.63) is 12.2 Å². The number of aliphatic hydroxyl groups is 2. The zero-order chi connectivity index (χ0) is 45.8. The minimum absolute atomic E-state index is 0.00531. The summed E-state index contributed by atoms with van der Waals surface area (Å²) in [7, 11) is 0. The molecule has 0 aromatic carbocycles. The van der Waals surface area contributed by atoms with Crippen molar-refractivity contribution in [1.82, 2.24) is 5.32 Å². The number of carbonyl (C=O) groups is 2. The van der Waals surface area contributed by atoms with Gasteiger partial charge >= 0.3 is 5.97 Å². The molecule has 6 heteroatoms. The van der Waals surface area contributed by atoms with Crippen LogP contribution in [0.15, 0.2) is 12.2 Å². The Labute approximate surface area is 393 Å². The van der Waals surface area contributed by atoms with Gasteiger partial charge in [-0.2, -0.15) is 0 Å². The van der Waals surface area contributed by atoms with Crippen molar-refractivity contribution in [2.75, 3.05) is 13.2 Å². The maximum absolute atomic E-state index is 12.4. The first-order chi connectivity index (χ1) is 31.0. The summed E-state index contributed by atoms with van der Waals surface area (Å²) in [4.78, 5) is 24.4. The van der Waals surface area contributed by atoms with Crippen molar-refractivity contribution in [3.63, 3.8) is 0 Å². The lowest BCUT2D eigenvalue weighted by molar-refractivity contribution is -0.143. The Kier molecular flexibility index (Phi) is 52.0. The van der Waals surface area contributed by atoms with E-state index in [9.17, 15) is 19.8 Å². The Hall–Kier alpha value is -1.40. The molecule has 0 radical (unpaired) electrons. The highest BCUT2D eigenvalue weighted by molar-refractivity contribution is 5.76. The molecule has 6 nitrogen and oxygen atoms in total. The molecule has 0 aliphatic heterocycles. The second-order valence-electron chi connectivity index (χ2n) is 19.6. The standard InChI is InChI=1S/C57H111NO5/c1-3-5-7-9-11-13-15-27-31-35-39-43-47-51-57(62)63-52-48-44-40-36-32-29-26-24-22-20-18-16-17-19-21-23-25-28-30-34-38-42-46-50-56(61)58-54(53-59)55(60)49-45-41-37-33-14-12-10-8-6-4-2/h13,15,54-55,59-60H,3-12,14,16-53H2,1-2H3,(H,58,61)/b15-13-. The van der Waals surface area contributed by atoms with Gasteiger partial charge in [0.05, 0.1) is 25.4 Å². The molecular formula is C57H111NO5. The molecule has 0 aromatic rings. The lowest BCUT2D eigenvalue weighted by Crippen LogP contribution is -2.45. The molecule has 0 rings (SSSR count). The first kappa shape index (κ1) is 61.6. The smallest absolute Gasteiger partial charge is 0.305 e. The van der Waals surface area contributed by atoms with E-state index in [2.05, 4.69) is 31.3 Å². The number of carbonyl (C=O) groups excluding carboxylic acids is 2. The topological polar surface area (TPSA) is 95.9 Å². The van der Waals surface area contributed by atoms with Crippen molar-refractivity contribution >= 4 is 11.9 Å². The molecule has 0 spiro atoms. The molecule has 63 heavy (non-hydrogen) atoms. The first-order valence-electron chi connectivity index (χ1n) is 28.4. The number of hydrogen-bond acceptors (Lipinski definition) is 5. The van der Waals surface area contributed by atoms with Gasteiger partial charge in [-0.15, -0.1) is 0 Å². The number of esters is 1. The number of aliphatic hydroxyl groups excluding tert-OH is 2. The van der Waals surface area contributed by atoms with E-state index >= 15 is 0 Å². The van der Waals surface area contributed by atoms with Gasteiger partial charge in [0, 0.05) is 12.8 Å². The predicted molar refractivity (Wildman–Crippen MR) is 273 cm³/mol. The molecule has 0 bridgehead atoms. The van der Waals surface area contributed by atoms with E-state index in [4.69, 9.17) is 4.74 Å². The molecular weight excluding hydrogens is 779 g/mol. The van der Waals surface area contributed by atoms with Crippen LogP contribution in [0.1, 0.15) is 316 Å². The molecule has 374 valence electrons. The zero-order valence-corrected chi connectivity index (χ0v) is 42.6. The molecule has 0 aliphatic rings. The Morgan fingerprint density at radius 2 is 0.746 bits per heavy atom. The summed E-state index contributed by atoms with van der Waals surface area (Å²) in [5.74, 6) is -0.0299. The monoisotopic (exact) mass is 890 g/mol. The Bertz CT molecular complexity index is 939. The van der Waals surface area contributed by atoms with Crippen LogP contribution in [0.2, 0.25) is 0 Å². The second-order valence-corrected chi connectivity index (χ2v) is 19.6. The summed E-state index contributed by atoms with van der Waals surface area (Å²) in [5.41, 5.74) is 0. The van der Waals surface area contributed by atoms with Gasteiger partial charge in [0.2, 0.25) is 5.91 Å². The third kappa shape index (κ3) is 49.9. The summed E-state index contributed by atoms with van der Waals surface area (Å²) in [6.45, 7) is 4.93. The maximum atomic E-state index is 12.4. The molecule has 0 heterocycles. The normalized spacial score (nSPS) is 12.6. The number of unbranched alkanes of at least 4 members (excludes halogenated alkanes) is 40. The van der Waals surface area contributed by atoms with Gasteiger partial charge in [-0.25, -0.2) is 0 Å². The SMILES string of the molecule is CCCCCC/C=C\CCCCCCCC(=O)OCCCCCCCCCCCCCCCCCCCCCCCCCC(=O)NC(CO)C(O)CCCCCCCCCCCC. The van der Waals surface area contributed by atoms with Gasteiger partial charge in [0.25, 0.3) is 0 Å². The van der Waals surface area contributed by atoms with Crippen LogP contribution in [0, 0.1) is 0 Å². The third-order valence-electron chi connectivity index (χ3n) is 13.3. The third-order valence-corrected chi connectivity index (χ3v) is 13.3. The van der Waals surface area contributed by atoms with E-state index in [1.54, 1.807) is 0 Å². The van der Waals surface area contributed by atoms with Crippen LogP contribution in [0.25, 0.3) is 0 Å². The number of rotatable bonds is 53. The lowest BCUT2D eigenvalue weighted by atomic mass is 10.0. The molecule has 1 amide bonds. The quantitative estimate of drug-likeness (QED) is 0.0321. The van der Waals surface area contributed by atoms with Crippen molar-refractivity contribution < 1.29 is 24.5 Å². The highest BCUT2D eigenvalue weighted by atomic mass is 16.5. The lowest BCUT2D eigenvalue weighted by Gasteiger charge is -2.22. The number of allylic oxidation sites excluding steroid dienone is 2. The van der Waals surface area contributed by atoms with Crippen LogP contribution in [0.4, 0.5) is 0 Å². The largest absolute Gasteiger partial charge is 0.466 e. The molecule has 0 aliphatic carbocycles. The van der Waals surface area contributed by atoms with Crippen LogP contribution in [-0.2, 0) is 14.3 Å².